The van der Waals surface area contributed by atoms with Gasteiger partial charge in [0.25, 0.3) is 0 Å². The van der Waals surface area contributed by atoms with Gasteiger partial charge in [0.15, 0.2) is 0 Å². The Morgan fingerprint density at radius 2 is 1.69 bits per heavy atom. The number of methoxy groups -OCH3 is 1. The van der Waals surface area contributed by atoms with Gasteiger partial charge in [-0.25, -0.2) is 17.5 Å². The molecule has 1 saturated carbocycles. The number of esters is 1. The maximum atomic E-state index is 12.9. The predicted octanol–water partition coefficient (Wildman–Crippen LogP) is 3.46. The van der Waals surface area contributed by atoms with Crippen molar-refractivity contribution in [2.24, 2.45) is 5.92 Å². The van der Waals surface area contributed by atoms with Crippen LogP contribution in [0.3, 0.4) is 0 Å². The summed E-state index contributed by atoms with van der Waals surface area (Å²) in [5.74, 6) is 0.445. The van der Waals surface area contributed by atoms with Gasteiger partial charge in [-0.3, -0.25) is 4.79 Å². The molecule has 2 aromatic rings. The van der Waals surface area contributed by atoms with Crippen molar-refractivity contribution in [3.63, 3.8) is 0 Å². The highest BCUT2D eigenvalue weighted by atomic mass is 32.2. The number of amides is 1. The first kappa shape index (κ1) is 25.4. The van der Waals surface area contributed by atoms with Crippen molar-refractivity contribution in [2.75, 3.05) is 32.5 Å². The van der Waals surface area contributed by atoms with Gasteiger partial charge in [0, 0.05) is 38.5 Å². The average molecular weight is 499 g/mol. The Balaban J connectivity index is 1.26. The van der Waals surface area contributed by atoms with Crippen molar-refractivity contribution in [3.05, 3.63) is 71.3 Å². The Morgan fingerprint density at radius 1 is 1.03 bits per heavy atom. The van der Waals surface area contributed by atoms with E-state index in [-0.39, 0.29) is 17.7 Å². The summed E-state index contributed by atoms with van der Waals surface area (Å²) in [7, 11) is -2.04. The lowest BCUT2D eigenvalue weighted by Gasteiger charge is -2.34. The Labute approximate surface area is 208 Å². The SMILES string of the molecule is COC(=O)c1ccc(CCS(=O)(=O)N2CCC(CN(C(C)=O)C3CC3c3ccccc3)CC2)cc1. The van der Waals surface area contributed by atoms with Gasteiger partial charge in [-0.1, -0.05) is 42.5 Å². The summed E-state index contributed by atoms with van der Waals surface area (Å²) in [5, 5.41) is 0. The van der Waals surface area contributed by atoms with Crippen LogP contribution in [0.25, 0.3) is 0 Å². The number of rotatable bonds is 9. The molecule has 2 aromatic carbocycles. The lowest BCUT2D eigenvalue weighted by atomic mass is 9.97. The second kappa shape index (κ2) is 10.9. The van der Waals surface area contributed by atoms with Gasteiger partial charge < -0.3 is 9.64 Å². The fourth-order valence-corrected chi connectivity index (χ4v) is 6.55. The number of nitrogens with zero attached hydrogens (tertiary/aromatic N) is 2. The summed E-state index contributed by atoms with van der Waals surface area (Å²) in [6.07, 6.45) is 2.92. The fraction of sp³-hybridized carbons (Fsp3) is 0.481. The van der Waals surface area contributed by atoms with Crippen molar-refractivity contribution < 1.29 is 22.7 Å². The molecule has 1 amide bonds. The third kappa shape index (κ3) is 6.30. The summed E-state index contributed by atoms with van der Waals surface area (Å²) in [6.45, 7) is 3.32. The smallest absolute Gasteiger partial charge is 0.337 e. The van der Waals surface area contributed by atoms with Crippen LogP contribution in [0.5, 0.6) is 0 Å². The molecule has 0 radical (unpaired) electrons. The predicted molar refractivity (Wildman–Crippen MR) is 135 cm³/mol. The van der Waals surface area contributed by atoms with E-state index in [0.717, 1.165) is 24.8 Å². The molecule has 1 aliphatic carbocycles. The number of sulfonamides is 1. The minimum Gasteiger partial charge on any atom is -0.465 e. The van der Waals surface area contributed by atoms with Gasteiger partial charge in [0.1, 0.15) is 0 Å². The third-order valence-corrected chi connectivity index (χ3v) is 9.11. The van der Waals surface area contributed by atoms with Crippen LogP contribution in [0.2, 0.25) is 0 Å². The molecule has 0 N–H and O–H groups in total. The molecule has 1 heterocycles. The van der Waals surface area contributed by atoms with Crippen LogP contribution in [0.4, 0.5) is 0 Å². The van der Waals surface area contributed by atoms with E-state index in [1.165, 1.54) is 12.7 Å². The topological polar surface area (TPSA) is 84.0 Å². The number of carbonyl (C=O) groups excluding carboxylic acids is 2. The van der Waals surface area contributed by atoms with E-state index >= 15 is 0 Å². The molecule has 0 aromatic heterocycles. The maximum Gasteiger partial charge on any atom is 0.337 e. The molecule has 0 bridgehead atoms. The van der Waals surface area contributed by atoms with E-state index in [4.69, 9.17) is 4.74 Å². The molecule has 4 rings (SSSR count). The zero-order valence-corrected chi connectivity index (χ0v) is 21.2. The Hall–Kier alpha value is -2.71. The third-order valence-electron chi connectivity index (χ3n) is 7.23. The van der Waals surface area contributed by atoms with Crippen molar-refractivity contribution in [1.82, 2.24) is 9.21 Å². The second-order valence-corrected chi connectivity index (χ2v) is 11.7. The van der Waals surface area contributed by atoms with Gasteiger partial charge in [-0.15, -0.1) is 0 Å². The number of benzene rings is 2. The largest absolute Gasteiger partial charge is 0.465 e. The fourth-order valence-electron chi connectivity index (χ4n) is 5.03. The molecule has 1 saturated heterocycles. The first-order valence-corrected chi connectivity index (χ1v) is 13.9. The molecule has 0 spiro atoms. The lowest BCUT2D eigenvalue weighted by molar-refractivity contribution is -0.130. The Kier molecular flexibility index (Phi) is 7.91. The molecule has 2 aliphatic rings. The highest BCUT2D eigenvalue weighted by Gasteiger charge is 2.44. The van der Waals surface area contributed by atoms with Crippen molar-refractivity contribution in [1.29, 1.82) is 0 Å². The molecule has 7 nitrogen and oxygen atoms in total. The van der Waals surface area contributed by atoms with E-state index < -0.39 is 16.0 Å². The van der Waals surface area contributed by atoms with Crippen LogP contribution in [0.15, 0.2) is 54.6 Å². The van der Waals surface area contributed by atoms with E-state index in [2.05, 4.69) is 12.1 Å². The van der Waals surface area contributed by atoms with Crippen molar-refractivity contribution in [2.45, 2.75) is 44.6 Å². The summed E-state index contributed by atoms with van der Waals surface area (Å²) < 4.78 is 32.1. The van der Waals surface area contributed by atoms with Crippen LogP contribution in [0.1, 0.15) is 53.6 Å². The number of hydrogen-bond acceptors (Lipinski definition) is 5. The molecule has 188 valence electrons. The number of piperidine rings is 1. The van der Waals surface area contributed by atoms with Crippen molar-refractivity contribution >= 4 is 21.9 Å². The summed E-state index contributed by atoms with van der Waals surface area (Å²) in [5.41, 5.74) is 2.59. The quantitative estimate of drug-likeness (QED) is 0.495. The molecule has 1 aliphatic heterocycles. The van der Waals surface area contributed by atoms with Crippen LogP contribution in [-0.4, -0.2) is 68.0 Å². The van der Waals surface area contributed by atoms with Gasteiger partial charge in [0.05, 0.1) is 18.4 Å². The van der Waals surface area contributed by atoms with E-state index in [0.29, 0.717) is 43.5 Å². The van der Waals surface area contributed by atoms with Crippen LogP contribution in [0, 0.1) is 5.92 Å². The van der Waals surface area contributed by atoms with Gasteiger partial charge in [0.2, 0.25) is 15.9 Å². The minimum atomic E-state index is -3.37. The van der Waals surface area contributed by atoms with Gasteiger partial charge in [-0.05, 0) is 54.9 Å². The summed E-state index contributed by atoms with van der Waals surface area (Å²) >= 11 is 0. The lowest BCUT2D eigenvalue weighted by Crippen LogP contribution is -2.44. The highest BCUT2D eigenvalue weighted by Crippen LogP contribution is 2.45. The highest BCUT2D eigenvalue weighted by molar-refractivity contribution is 7.89. The second-order valence-electron chi connectivity index (χ2n) is 9.59. The Morgan fingerprint density at radius 3 is 2.29 bits per heavy atom. The van der Waals surface area contributed by atoms with Crippen LogP contribution < -0.4 is 0 Å². The van der Waals surface area contributed by atoms with Crippen molar-refractivity contribution in [3.8, 4) is 0 Å². The normalized spacial score (nSPS) is 20.9. The molecule has 2 fully saturated rings. The molecule has 8 heteroatoms. The molecule has 2 unspecified atom stereocenters. The van der Waals surface area contributed by atoms with Crippen LogP contribution >= 0.6 is 0 Å². The molecule has 2 atom stereocenters. The zero-order chi connectivity index (χ0) is 25.0. The molecular weight excluding hydrogens is 464 g/mol. The number of carbonyl (C=O) groups is 2. The monoisotopic (exact) mass is 498 g/mol. The van der Waals surface area contributed by atoms with E-state index in [9.17, 15) is 18.0 Å². The van der Waals surface area contributed by atoms with Gasteiger partial charge >= 0.3 is 5.97 Å². The first-order valence-electron chi connectivity index (χ1n) is 12.3. The number of aryl methyl sites for hydroxylation is 1. The van der Waals surface area contributed by atoms with Crippen LogP contribution in [-0.2, 0) is 26.0 Å². The maximum absolute atomic E-state index is 12.9. The van der Waals surface area contributed by atoms with E-state index in [1.807, 2.05) is 23.1 Å². The molecular formula is C27H34N2O5S. The zero-order valence-electron chi connectivity index (χ0n) is 20.4. The Bertz CT molecular complexity index is 1130. The number of hydrogen-bond donors (Lipinski definition) is 0. The minimum absolute atomic E-state index is 0.0373. The van der Waals surface area contributed by atoms with Gasteiger partial charge in [-0.2, -0.15) is 0 Å². The standard InChI is InChI=1S/C27H34N2O5S/c1-20(30)29(26-18-25(26)23-6-4-3-5-7-23)19-22-12-15-28(16-13-22)35(32,33)17-14-21-8-10-24(11-9-21)27(31)34-2/h3-11,22,25-26H,12-19H2,1-2H3. The summed E-state index contributed by atoms with van der Waals surface area (Å²) in [6, 6.07) is 17.4. The average Bonchev–Trinajstić information content (AvgIpc) is 3.67. The van der Waals surface area contributed by atoms with E-state index in [1.54, 1.807) is 35.5 Å². The summed E-state index contributed by atoms with van der Waals surface area (Å²) in [4.78, 5) is 25.9. The molecule has 35 heavy (non-hydrogen) atoms. The first-order chi connectivity index (χ1) is 16.8. The number of ether oxygens (including phenoxy) is 1.